The summed E-state index contributed by atoms with van der Waals surface area (Å²) in [4.78, 5) is 40.5. The number of alkyl halides is 2. The second-order valence-electron chi connectivity index (χ2n) is 10.3. The van der Waals surface area contributed by atoms with Crippen LogP contribution in [0.4, 0.5) is 20.4 Å². The number of ether oxygens (including phenoxy) is 1. The van der Waals surface area contributed by atoms with Gasteiger partial charge in [-0.15, -0.1) is 0 Å². The normalized spacial score (nSPS) is 17.5. The van der Waals surface area contributed by atoms with Gasteiger partial charge in [0.05, 0.1) is 0 Å². The van der Waals surface area contributed by atoms with E-state index in [-0.39, 0.29) is 35.9 Å². The maximum atomic E-state index is 13.7. The number of aromatic nitrogens is 4. The molecule has 0 saturated carbocycles. The van der Waals surface area contributed by atoms with E-state index in [1.165, 1.54) is 19.4 Å². The second kappa shape index (κ2) is 11.2. The van der Waals surface area contributed by atoms with Gasteiger partial charge in [-0.1, -0.05) is 12.1 Å². The predicted molar refractivity (Wildman–Crippen MR) is 150 cm³/mol. The molecular formula is C29H31F2N7O3. The van der Waals surface area contributed by atoms with Crippen LogP contribution in [0.25, 0.3) is 16.8 Å². The minimum Gasteiger partial charge on any atom is -0.382 e. The Morgan fingerprint density at radius 1 is 1.15 bits per heavy atom. The lowest BCUT2D eigenvalue weighted by atomic mass is 9.92. The van der Waals surface area contributed by atoms with Crippen molar-refractivity contribution < 1.29 is 23.1 Å². The van der Waals surface area contributed by atoms with Gasteiger partial charge in [-0.25, -0.2) is 23.7 Å². The van der Waals surface area contributed by atoms with Crippen molar-refractivity contribution >= 4 is 29.0 Å². The first-order valence-electron chi connectivity index (χ1n) is 13.2. The summed E-state index contributed by atoms with van der Waals surface area (Å²) in [7, 11) is 1.50. The summed E-state index contributed by atoms with van der Waals surface area (Å²) in [5.41, 5.74) is 8.32. The number of piperidine rings is 1. The summed E-state index contributed by atoms with van der Waals surface area (Å²) in [5, 5.41) is 2.57. The molecule has 1 fully saturated rings. The molecule has 214 valence electrons. The van der Waals surface area contributed by atoms with E-state index >= 15 is 0 Å². The molecular weight excluding hydrogens is 532 g/mol. The highest BCUT2D eigenvalue weighted by Crippen LogP contribution is 2.35. The number of carbonyl (C=O) groups excluding carboxylic acids is 2. The molecule has 4 aromatic rings. The summed E-state index contributed by atoms with van der Waals surface area (Å²) in [6.45, 7) is 3.34. The number of anilines is 2. The van der Waals surface area contributed by atoms with Gasteiger partial charge in [0.15, 0.2) is 0 Å². The lowest BCUT2D eigenvalue weighted by molar-refractivity contribution is -0.138. The predicted octanol–water partition coefficient (Wildman–Crippen LogP) is 4.48. The lowest BCUT2D eigenvalue weighted by Gasteiger charge is -2.37. The number of carbonyl (C=O) groups is 2. The molecule has 0 unspecified atom stereocenters. The van der Waals surface area contributed by atoms with Crippen molar-refractivity contribution in [3.8, 4) is 11.3 Å². The first-order valence-corrected chi connectivity index (χ1v) is 13.2. The third kappa shape index (κ3) is 5.73. The third-order valence-electron chi connectivity index (χ3n) is 7.37. The lowest BCUT2D eigenvalue weighted by Crippen LogP contribution is -2.46. The Bertz CT molecular complexity index is 1580. The number of halogens is 2. The molecule has 2 amide bonds. The van der Waals surface area contributed by atoms with Crippen molar-refractivity contribution in [1.29, 1.82) is 0 Å². The molecule has 2 atom stereocenters. The number of hydrogen-bond acceptors (Lipinski definition) is 7. The number of pyridine rings is 1. The minimum atomic E-state index is -3.05. The van der Waals surface area contributed by atoms with Gasteiger partial charge in [0.25, 0.3) is 11.8 Å². The fraction of sp³-hybridized carbons (Fsp3) is 0.345. The number of nitrogens with two attached hydrogens (primary N) is 1. The molecule has 0 aliphatic carbocycles. The maximum absolute atomic E-state index is 13.7. The van der Waals surface area contributed by atoms with E-state index in [1.54, 1.807) is 36.7 Å². The number of nitrogens with zero attached hydrogens (tertiary/aromatic N) is 5. The number of rotatable bonds is 7. The standard InChI is InChI=1S/C29H31F2N7O3/c1-17-4-5-20(15-38(17)23(39)16-41-3)27-36-24(25-26(32)34-12-13-37(25)27)18-6-8-19(9-7-18)28(40)35-22-14-21(10-11-33-22)29(2,30)31/h6-14,17,20H,4-5,15-16H2,1-3H3,(H2,32,34)(H,33,35,40)/t17-,20+/m0/s1. The molecule has 5 rings (SSSR count). The van der Waals surface area contributed by atoms with Gasteiger partial charge in [0.2, 0.25) is 5.91 Å². The van der Waals surface area contributed by atoms with E-state index in [0.29, 0.717) is 34.7 Å². The zero-order chi connectivity index (χ0) is 29.3. The number of hydrogen-bond donors (Lipinski definition) is 2. The van der Waals surface area contributed by atoms with Crippen LogP contribution >= 0.6 is 0 Å². The topological polar surface area (TPSA) is 128 Å². The highest BCUT2D eigenvalue weighted by atomic mass is 19.3. The number of nitrogen functional groups attached to an aromatic ring is 1. The minimum absolute atomic E-state index is 0.0218. The summed E-state index contributed by atoms with van der Waals surface area (Å²) in [6, 6.07) is 9.18. The molecule has 0 bridgehead atoms. The second-order valence-corrected chi connectivity index (χ2v) is 10.3. The Hall–Kier alpha value is -4.45. The van der Waals surface area contributed by atoms with Crippen molar-refractivity contribution in [2.75, 3.05) is 31.3 Å². The molecule has 0 spiro atoms. The molecule has 1 saturated heterocycles. The highest BCUT2D eigenvalue weighted by Gasteiger charge is 2.33. The van der Waals surface area contributed by atoms with Crippen LogP contribution in [0.1, 0.15) is 54.4 Å². The van der Waals surface area contributed by atoms with Crippen LogP contribution in [0.5, 0.6) is 0 Å². The average molecular weight is 564 g/mol. The fourth-order valence-corrected chi connectivity index (χ4v) is 5.19. The van der Waals surface area contributed by atoms with Gasteiger partial charge in [0.1, 0.15) is 35.3 Å². The third-order valence-corrected chi connectivity index (χ3v) is 7.37. The Labute approximate surface area is 235 Å². The van der Waals surface area contributed by atoms with Crippen LogP contribution in [0.2, 0.25) is 0 Å². The molecule has 1 aliphatic heterocycles. The van der Waals surface area contributed by atoms with Crippen molar-refractivity contribution in [2.45, 2.75) is 44.6 Å². The Kier molecular flexibility index (Phi) is 7.68. The van der Waals surface area contributed by atoms with Crippen molar-refractivity contribution in [3.05, 3.63) is 71.9 Å². The maximum Gasteiger partial charge on any atom is 0.270 e. The van der Waals surface area contributed by atoms with E-state index in [2.05, 4.69) is 15.3 Å². The zero-order valence-corrected chi connectivity index (χ0v) is 23.0. The summed E-state index contributed by atoms with van der Waals surface area (Å²) >= 11 is 0. The number of nitrogens with one attached hydrogen (secondary N) is 1. The van der Waals surface area contributed by atoms with Crippen LogP contribution < -0.4 is 11.1 Å². The Balaban J connectivity index is 1.42. The van der Waals surface area contributed by atoms with Gasteiger partial charge in [-0.3, -0.25) is 14.0 Å². The van der Waals surface area contributed by atoms with Crippen LogP contribution in [0.3, 0.4) is 0 Å². The summed E-state index contributed by atoms with van der Waals surface area (Å²) < 4.78 is 34.3. The molecule has 0 radical (unpaired) electrons. The summed E-state index contributed by atoms with van der Waals surface area (Å²) in [6.07, 6.45) is 6.31. The van der Waals surface area contributed by atoms with Gasteiger partial charge < -0.3 is 20.7 Å². The van der Waals surface area contributed by atoms with E-state index < -0.39 is 11.8 Å². The van der Waals surface area contributed by atoms with E-state index in [1.807, 2.05) is 16.2 Å². The largest absolute Gasteiger partial charge is 0.382 e. The van der Waals surface area contributed by atoms with E-state index in [4.69, 9.17) is 15.5 Å². The highest BCUT2D eigenvalue weighted by molar-refractivity contribution is 6.04. The van der Waals surface area contributed by atoms with Crippen molar-refractivity contribution in [3.63, 3.8) is 0 Å². The molecule has 4 heterocycles. The quantitative estimate of drug-likeness (QED) is 0.339. The first-order chi connectivity index (χ1) is 19.6. The number of fused-ring (bicyclic) bond motifs is 1. The smallest absolute Gasteiger partial charge is 0.270 e. The molecule has 1 aliphatic rings. The van der Waals surface area contributed by atoms with Gasteiger partial charge in [-0.2, -0.15) is 0 Å². The number of methoxy groups -OCH3 is 1. The van der Waals surface area contributed by atoms with Crippen LogP contribution in [0, 0.1) is 0 Å². The van der Waals surface area contributed by atoms with Crippen molar-refractivity contribution in [2.24, 2.45) is 0 Å². The number of amides is 2. The molecule has 41 heavy (non-hydrogen) atoms. The molecule has 12 heteroatoms. The van der Waals surface area contributed by atoms with Gasteiger partial charge in [0, 0.05) is 67.8 Å². The number of imidazole rings is 1. The fourth-order valence-electron chi connectivity index (χ4n) is 5.19. The first kappa shape index (κ1) is 28.1. The Morgan fingerprint density at radius 3 is 2.61 bits per heavy atom. The van der Waals surface area contributed by atoms with Crippen molar-refractivity contribution in [1.82, 2.24) is 24.3 Å². The zero-order valence-electron chi connectivity index (χ0n) is 23.0. The van der Waals surface area contributed by atoms with Crippen LogP contribution in [-0.2, 0) is 15.5 Å². The average Bonchev–Trinajstić information content (AvgIpc) is 3.34. The Morgan fingerprint density at radius 2 is 1.90 bits per heavy atom. The monoisotopic (exact) mass is 563 g/mol. The van der Waals surface area contributed by atoms with E-state index in [0.717, 1.165) is 31.7 Å². The number of likely N-dealkylation sites (tertiary alicyclic amines) is 1. The number of benzene rings is 1. The van der Waals surface area contributed by atoms with Gasteiger partial charge in [-0.05, 0) is 44.0 Å². The van der Waals surface area contributed by atoms with Gasteiger partial charge >= 0.3 is 0 Å². The molecule has 10 nitrogen and oxygen atoms in total. The molecule has 1 aromatic carbocycles. The van der Waals surface area contributed by atoms with Crippen LogP contribution in [0.15, 0.2) is 55.0 Å². The SMILES string of the molecule is COCC(=O)N1C[C@H](c2nc(-c3ccc(C(=O)Nc4cc(C(C)(F)F)ccn4)cc3)c3c(N)nccn23)CC[C@@H]1C. The molecule has 3 N–H and O–H groups in total. The van der Waals surface area contributed by atoms with E-state index in [9.17, 15) is 18.4 Å². The summed E-state index contributed by atoms with van der Waals surface area (Å²) in [5.74, 6) is -2.54. The van der Waals surface area contributed by atoms with Crippen LogP contribution in [-0.4, -0.2) is 62.4 Å². The molecule has 3 aromatic heterocycles.